The van der Waals surface area contributed by atoms with Crippen LogP contribution in [-0.2, 0) is 9.53 Å². The van der Waals surface area contributed by atoms with Gasteiger partial charge in [-0.2, -0.15) is 5.10 Å². The van der Waals surface area contributed by atoms with Crippen molar-refractivity contribution in [2.24, 2.45) is 17.8 Å². The molecule has 0 saturated heterocycles. The highest BCUT2D eigenvalue weighted by atomic mass is 35.5. The Morgan fingerprint density at radius 3 is 2.39 bits per heavy atom. The minimum absolute atomic E-state index is 0.00144. The Morgan fingerprint density at radius 1 is 1.18 bits per heavy atom. The molecule has 4 rings (SSSR count). The topological polar surface area (TPSA) is 120 Å². The van der Waals surface area contributed by atoms with Crippen molar-refractivity contribution in [3.8, 4) is 5.88 Å². The fourth-order valence-electron chi connectivity index (χ4n) is 4.77. The summed E-state index contributed by atoms with van der Waals surface area (Å²) >= 11 is 5.98. The molecule has 38 heavy (non-hydrogen) atoms. The van der Waals surface area contributed by atoms with Gasteiger partial charge in [0.25, 0.3) is 0 Å². The first-order valence-electron chi connectivity index (χ1n) is 12.6. The summed E-state index contributed by atoms with van der Waals surface area (Å²) in [5, 5.41) is 17.4. The number of carbonyl (C=O) groups excluding carboxylic acids is 2. The summed E-state index contributed by atoms with van der Waals surface area (Å²) in [6.45, 7) is 5.27. The first kappa shape index (κ1) is 28.0. The Kier molecular flexibility index (Phi) is 8.39. The molecule has 2 aromatic heterocycles. The number of aromatic nitrogens is 4. The van der Waals surface area contributed by atoms with E-state index in [-0.39, 0.29) is 22.5 Å². The second kappa shape index (κ2) is 11.4. The smallest absolute Gasteiger partial charge is 0.408 e. The molecular weight excluding hydrogens is 522 g/mol. The minimum atomic E-state index is -2.67. The van der Waals surface area contributed by atoms with E-state index in [1.165, 1.54) is 30.3 Å². The number of rotatable bonds is 11. The fraction of sp³-hybridized carbons (Fsp3) is 0.640. The number of methoxy groups -OCH3 is 1. The molecule has 2 atom stereocenters. The van der Waals surface area contributed by atoms with Crippen LogP contribution in [-0.4, -0.2) is 57.2 Å². The molecule has 13 heteroatoms. The highest BCUT2D eigenvalue weighted by molar-refractivity contribution is 6.29. The molecule has 2 fully saturated rings. The number of anilines is 1. The van der Waals surface area contributed by atoms with E-state index in [0.717, 1.165) is 25.7 Å². The lowest BCUT2D eigenvalue weighted by Gasteiger charge is -2.28. The maximum atomic E-state index is 13.5. The van der Waals surface area contributed by atoms with Gasteiger partial charge in [0.15, 0.2) is 5.15 Å². The Balaban J connectivity index is 1.56. The van der Waals surface area contributed by atoms with E-state index in [1.807, 2.05) is 0 Å². The summed E-state index contributed by atoms with van der Waals surface area (Å²) in [5.74, 6) is 0.360. The van der Waals surface area contributed by atoms with E-state index < -0.39 is 42.5 Å². The molecule has 2 aromatic rings. The lowest BCUT2D eigenvalue weighted by molar-refractivity contribution is -0.120. The number of nitrogens with one attached hydrogen (secondary N) is 2. The molecule has 2 N–H and O–H groups in total. The molecule has 2 aliphatic carbocycles. The maximum Gasteiger partial charge on any atom is 0.408 e. The number of ether oxygens (including phenoxy) is 2. The molecule has 0 spiro atoms. The van der Waals surface area contributed by atoms with Crippen LogP contribution in [0.15, 0.2) is 18.5 Å². The van der Waals surface area contributed by atoms with Crippen LogP contribution in [0.2, 0.25) is 5.15 Å². The lowest BCUT2D eigenvalue weighted by atomic mass is 9.89. The van der Waals surface area contributed by atoms with E-state index in [2.05, 4.69) is 25.9 Å². The van der Waals surface area contributed by atoms with Crippen LogP contribution in [0.25, 0.3) is 0 Å². The number of hydrogen-bond donors (Lipinski definition) is 2. The number of halogens is 3. The van der Waals surface area contributed by atoms with Gasteiger partial charge in [0.2, 0.25) is 18.2 Å². The van der Waals surface area contributed by atoms with E-state index >= 15 is 0 Å². The number of alkyl halides is 2. The van der Waals surface area contributed by atoms with Crippen molar-refractivity contribution in [3.63, 3.8) is 0 Å². The van der Waals surface area contributed by atoms with Gasteiger partial charge in [-0.1, -0.05) is 11.6 Å². The fourth-order valence-corrected chi connectivity index (χ4v) is 4.92. The molecule has 2 amide bonds. The van der Waals surface area contributed by atoms with Gasteiger partial charge in [-0.3, -0.25) is 9.48 Å². The van der Waals surface area contributed by atoms with Crippen molar-refractivity contribution in [3.05, 3.63) is 29.2 Å². The van der Waals surface area contributed by atoms with E-state index in [9.17, 15) is 18.4 Å². The molecular formula is C25H33ClF2N6O4. The molecule has 0 aromatic carbocycles. The number of alkyl carbamates (subject to hydrolysis) is 1. The third kappa shape index (κ3) is 7.30. The van der Waals surface area contributed by atoms with Crippen molar-refractivity contribution in [2.75, 3.05) is 12.4 Å². The summed E-state index contributed by atoms with van der Waals surface area (Å²) in [4.78, 5) is 26.1. The predicted octanol–water partition coefficient (Wildman–Crippen LogP) is 4.85. The van der Waals surface area contributed by atoms with Crippen molar-refractivity contribution >= 4 is 29.3 Å². The molecule has 2 unspecified atom stereocenters. The molecule has 2 aliphatic rings. The van der Waals surface area contributed by atoms with E-state index in [1.54, 1.807) is 20.8 Å². The average molecular weight is 555 g/mol. The largest absolute Gasteiger partial charge is 0.480 e. The van der Waals surface area contributed by atoms with E-state index in [0.29, 0.717) is 17.5 Å². The summed E-state index contributed by atoms with van der Waals surface area (Å²) < 4.78 is 39.0. The summed E-state index contributed by atoms with van der Waals surface area (Å²) in [6, 6.07) is -0.380. The van der Waals surface area contributed by atoms with Crippen molar-refractivity contribution < 1.29 is 27.8 Å². The zero-order valence-corrected chi connectivity index (χ0v) is 22.5. The number of amides is 2. The van der Waals surface area contributed by atoms with Crippen molar-refractivity contribution in [1.29, 1.82) is 0 Å². The van der Waals surface area contributed by atoms with Gasteiger partial charge in [-0.15, -0.1) is 10.2 Å². The van der Waals surface area contributed by atoms with Crippen LogP contribution >= 0.6 is 11.6 Å². The zero-order chi connectivity index (χ0) is 27.6. The SMILES string of the molecule is COc1nnc(Cl)cc1C(CC(F)F)n1cc(NC(=O)C(NC(=O)OC(C)(C)C)C(C2CC2)C2CC2)cn1. The zero-order valence-electron chi connectivity index (χ0n) is 21.8. The minimum Gasteiger partial charge on any atom is -0.480 e. The standard InChI is InChI=1S/C25H33ClF2N6O4/c1-25(2,3)38-24(36)31-21(20(13-5-6-13)14-7-8-14)22(35)30-15-11-29-34(12-15)17(10-19(27)28)16-9-18(26)32-33-23(16)37-4/h9,11-14,17,19-21H,5-8,10H2,1-4H3,(H,30,35)(H,31,36). The highest BCUT2D eigenvalue weighted by Gasteiger charge is 2.48. The third-order valence-electron chi connectivity index (χ3n) is 6.57. The summed E-state index contributed by atoms with van der Waals surface area (Å²) in [5.41, 5.74) is -0.143. The number of hydrogen-bond acceptors (Lipinski definition) is 7. The Bertz CT molecular complexity index is 1140. The Labute approximate surface area is 224 Å². The number of carbonyl (C=O) groups is 2. The summed E-state index contributed by atoms with van der Waals surface area (Å²) in [7, 11) is 1.35. The Hall–Kier alpha value is -3.02. The highest BCUT2D eigenvalue weighted by Crippen LogP contribution is 2.51. The monoisotopic (exact) mass is 554 g/mol. The first-order chi connectivity index (χ1) is 17.9. The van der Waals surface area contributed by atoms with Crippen LogP contribution < -0.4 is 15.4 Å². The van der Waals surface area contributed by atoms with Crippen molar-refractivity contribution in [1.82, 2.24) is 25.3 Å². The van der Waals surface area contributed by atoms with Gasteiger partial charge < -0.3 is 20.1 Å². The molecule has 0 radical (unpaired) electrons. The maximum absolute atomic E-state index is 13.5. The molecule has 2 saturated carbocycles. The van der Waals surface area contributed by atoms with Gasteiger partial charge in [-0.25, -0.2) is 13.6 Å². The first-order valence-corrected chi connectivity index (χ1v) is 13.0. The van der Waals surface area contributed by atoms with Gasteiger partial charge >= 0.3 is 6.09 Å². The third-order valence-corrected chi connectivity index (χ3v) is 6.76. The predicted molar refractivity (Wildman–Crippen MR) is 135 cm³/mol. The molecule has 10 nitrogen and oxygen atoms in total. The van der Waals surface area contributed by atoms with E-state index in [4.69, 9.17) is 21.1 Å². The second-order valence-electron chi connectivity index (χ2n) is 10.8. The quantitative estimate of drug-likeness (QED) is 0.407. The van der Waals surface area contributed by atoms with Crippen LogP contribution in [0.4, 0.5) is 19.3 Å². The second-order valence-corrected chi connectivity index (χ2v) is 11.2. The number of nitrogens with zero attached hydrogens (tertiary/aromatic N) is 4. The molecule has 2 heterocycles. The molecule has 0 aliphatic heterocycles. The average Bonchev–Trinajstić information content (AvgIpc) is 3.76. The molecule has 0 bridgehead atoms. The molecule has 208 valence electrons. The van der Waals surface area contributed by atoms with Gasteiger partial charge in [0, 0.05) is 18.2 Å². The van der Waals surface area contributed by atoms with Crippen LogP contribution in [0.3, 0.4) is 0 Å². The van der Waals surface area contributed by atoms with Gasteiger partial charge in [0.1, 0.15) is 11.6 Å². The normalized spacial score (nSPS) is 17.3. The summed E-state index contributed by atoms with van der Waals surface area (Å²) in [6.07, 6.45) is 2.94. The van der Waals surface area contributed by atoms with Gasteiger partial charge in [0.05, 0.1) is 25.0 Å². The van der Waals surface area contributed by atoms with Crippen LogP contribution in [0.1, 0.15) is 64.5 Å². The Morgan fingerprint density at radius 2 is 1.84 bits per heavy atom. The van der Waals surface area contributed by atoms with Crippen LogP contribution in [0, 0.1) is 17.8 Å². The lowest BCUT2D eigenvalue weighted by Crippen LogP contribution is -2.51. The van der Waals surface area contributed by atoms with Gasteiger partial charge in [-0.05, 0) is 70.3 Å². The van der Waals surface area contributed by atoms with Crippen LogP contribution in [0.5, 0.6) is 5.88 Å². The van der Waals surface area contributed by atoms with Crippen molar-refractivity contribution in [2.45, 2.75) is 77.0 Å².